The van der Waals surface area contributed by atoms with Crippen LogP contribution in [0.4, 0.5) is 0 Å². The number of rotatable bonds is 7. The fourth-order valence-corrected chi connectivity index (χ4v) is 1.45. The largest absolute Gasteiger partial charge is 0.497 e. The Labute approximate surface area is 101 Å². The van der Waals surface area contributed by atoms with Crippen LogP contribution in [0.15, 0.2) is 18.2 Å². The number of methoxy groups -OCH3 is 2. The van der Waals surface area contributed by atoms with E-state index in [1.165, 1.54) is 0 Å². The monoisotopic (exact) mass is 238 g/mol. The highest BCUT2D eigenvalue weighted by molar-refractivity contribution is 5.79. The average molecular weight is 238 g/mol. The highest BCUT2D eigenvalue weighted by Crippen LogP contribution is 2.25. The Morgan fingerprint density at radius 1 is 1.24 bits per heavy atom. The van der Waals surface area contributed by atoms with Gasteiger partial charge in [-0.15, -0.1) is 0 Å². The van der Waals surface area contributed by atoms with Crippen LogP contribution in [-0.4, -0.2) is 33.2 Å². The van der Waals surface area contributed by atoms with E-state index in [0.717, 1.165) is 5.56 Å². The molecule has 0 bridgehead atoms. The second-order valence-corrected chi connectivity index (χ2v) is 3.69. The molecular weight excluding hydrogens is 220 g/mol. The molecule has 17 heavy (non-hydrogen) atoms. The van der Waals surface area contributed by atoms with Gasteiger partial charge in [-0.25, -0.2) is 0 Å². The number of carbonyl (C=O) groups excluding carboxylic acids is 1. The molecule has 0 heterocycles. The van der Waals surface area contributed by atoms with Crippen LogP contribution in [0.5, 0.6) is 11.5 Å². The van der Waals surface area contributed by atoms with Crippen LogP contribution in [-0.2, 0) is 16.0 Å². The van der Waals surface area contributed by atoms with Crippen molar-refractivity contribution in [3.05, 3.63) is 23.8 Å². The number of benzene rings is 1. The third-order valence-corrected chi connectivity index (χ3v) is 2.26. The zero-order chi connectivity index (χ0) is 12.7. The molecular formula is C13H18O4. The molecule has 0 aromatic heterocycles. The maximum absolute atomic E-state index is 11.1. The van der Waals surface area contributed by atoms with Gasteiger partial charge in [0.15, 0.2) is 0 Å². The van der Waals surface area contributed by atoms with Crippen LogP contribution < -0.4 is 9.47 Å². The molecule has 1 rings (SSSR count). The standard InChI is InChI=1S/C13H18O4/c1-10(14)8-11-4-5-12(16-3)9-13(11)17-7-6-15-2/h4-5,9H,6-8H2,1-3H3. The van der Waals surface area contributed by atoms with Crippen molar-refractivity contribution in [3.8, 4) is 11.5 Å². The van der Waals surface area contributed by atoms with E-state index >= 15 is 0 Å². The number of hydrogen-bond donors (Lipinski definition) is 0. The van der Waals surface area contributed by atoms with Crippen molar-refractivity contribution >= 4 is 5.78 Å². The first-order valence-electron chi connectivity index (χ1n) is 5.45. The van der Waals surface area contributed by atoms with Crippen molar-refractivity contribution in [2.75, 3.05) is 27.4 Å². The molecule has 0 fully saturated rings. The number of hydrogen-bond acceptors (Lipinski definition) is 4. The van der Waals surface area contributed by atoms with Crippen molar-refractivity contribution < 1.29 is 19.0 Å². The summed E-state index contributed by atoms with van der Waals surface area (Å²) in [5, 5.41) is 0. The Bertz CT molecular complexity index is 374. The lowest BCUT2D eigenvalue weighted by Gasteiger charge is -2.12. The van der Waals surface area contributed by atoms with Gasteiger partial charge in [-0.3, -0.25) is 4.79 Å². The summed E-state index contributed by atoms with van der Waals surface area (Å²) >= 11 is 0. The van der Waals surface area contributed by atoms with Crippen LogP contribution in [0.2, 0.25) is 0 Å². The summed E-state index contributed by atoms with van der Waals surface area (Å²) in [5.41, 5.74) is 0.870. The molecule has 0 aliphatic rings. The summed E-state index contributed by atoms with van der Waals surface area (Å²) in [6, 6.07) is 5.46. The van der Waals surface area contributed by atoms with Crippen molar-refractivity contribution in [2.45, 2.75) is 13.3 Å². The normalized spacial score (nSPS) is 10.1. The number of ketones is 1. The second-order valence-electron chi connectivity index (χ2n) is 3.69. The van der Waals surface area contributed by atoms with E-state index in [-0.39, 0.29) is 5.78 Å². The molecule has 94 valence electrons. The summed E-state index contributed by atoms with van der Waals surface area (Å²) in [4.78, 5) is 11.1. The fraction of sp³-hybridized carbons (Fsp3) is 0.462. The number of carbonyl (C=O) groups is 1. The van der Waals surface area contributed by atoms with Gasteiger partial charge in [-0.05, 0) is 13.0 Å². The minimum atomic E-state index is 0.103. The summed E-state index contributed by atoms with van der Waals surface area (Å²) in [7, 11) is 3.21. The lowest BCUT2D eigenvalue weighted by molar-refractivity contribution is -0.116. The Kier molecular flexibility index (Phi) is 5.49. The topological polar surface area (TPSA) is 44.8 Å². The minimum Gasteiger partial charge on any atom is -0.497 e. The first-order valence-corrected chi connectivity index (χ1v) is 5.45. The predicted octanol–water partition coefficient (Wildman–Crippen LogP) is 1.85. The predicted molar refractivity (Wildman–Crippen MR) is 64.8 cm³/mol. The summed E-state index contributed by atoms with van der Waals surface area (Å²) in [6.45, 7) is 2.52. The maximum Gasteiger partial charge on any atom is 0.134 e. The van der Waals surface area contributed by atoms with Gasteiger partial charge in [0.05, 0.1) is 13.7 Å². The lowest BCUT2D eigenvalue weighted by Crippen LogP contribution is -2.07. The quantitative estimate of drug-likeness (QED) is 0.680. The van der Waals surface area contributed by atoms with Crippen molar-refractivity contribution in [3.63, 3.8) is 0 Å². The van der Waals surface area contributed by atoms with E-state index in [1.54, 1.807) is 27.2 Å². The van der Waals surface area contributed by atoms with Crippen molar-refractivity contribution in [1.82, 2.24) is 0 Å². The van der Waals surface area contributed by atoms with Gasteiger partial charge >= 0.3 is 0 Å². The van der Waals surface area contributed by atoms with Gasteiger partial charge in [-0.1, -0.05) is 6.07 Å². The molecule has 0 atom stereocenters. The first-order chi connectivity index (χ1) is 8.17. The first kappa shape index (κ1) is 13.5. The van der Waals surface area contributed by atoms with Gasteiger partial charge in [0.25, 0.3) is 0 Å². The van der Waals surface area contributed by atoms with Crippen LogP contribution in [0, 0.1) is 0 Å². The second kappa shape index (κ2) is 6.91. The number of ether oxygens (including phenoxy) is 3. The van der Waals surface area contributed by atoms with Crippen LogP contribution >= 0.6 is 0 Å². The summed E-state index contributed by atoms with van der Waals surface area (Å²) < 4.78 is 15.6. The molecule has 0 aliphatic carbocycles. The molecule has 4 heteroatoms. The third-order valence-electron chi connectivity index (χ3n) is 2.26. The smallest absolute Gasteiger partial charge is 0.134 e. The van der Waals surface area contributed by atoms with E-state index in [9.17, 15) is 4.79 Å². The Hall–Kier alpha value is -1.55. The minimum absolute atomic E-state index is 0.103. The zero-order valence-corrected chi connectivity index (χ0v) is 10.5. The van der Waals surface area contributed by atoms with E-state index in [0.29, 0.717) is 31.1 Å². The van der Waals surface area contributed by atoms with Crippen LogP contribution in [0.1, 0.15) is 12.5 Å². The highest BCUT2D eigenvalue weighted by atomic mass is 16.5. The molecule has 4 nitrogen and oxygen atoms in total. The molecule has 0 N–H and O–H groups in total. The van der Waals surface area contributed by atoms with E-state index in [1.807, 2.05) is 12.1 Å². The molecule has 0 amide bonds. The fourth-order valence-electron chi connectivity index (χ4n) is 1.45. The van der Waals surface area contributed by atoms with Crippen LogP contribution in [0.3, 0.4) is 0 Å². The van der Waals surface area contributed by atoms with Crippen molar-refractivity contribution in [1.29, 1.82) is 0 Å². The molecule has 1 aromatic rings. The molecule has 0 spiro atoms. The SMILES string of the molecule is COCCOc1cc(OC)ccc1CC(C)=O. The molecule has 0 unspecified atom stereocenters. The van der Waals surface area contributed by atoms with Gasteiger partial charge in [0.1, 0.15) is 23.9 Å². The Balaban J connectivity index is 2.82. The third kappa shape index (κ3) is 4.44. The molecule has 0 saturated carbocycles. The van der Waals surface area contributed by atoms with Crippen LogP contribution in [0.25, 0.3) is 0 Å². The molecule has 0 radical (unpaired) electrons. The van der Waals surface area contributed by atoms with E-state index in [2.05, 4.69) is 0 Å². The molecule has 1 aromatic carbocycles. The van der Waals surface area contributed by atoms with Gasteiger partial charge < -0.3 is 14.2 Å². The van der Waals surface area contributed by atoms with Gasteiger partial charge in [0.2, 0.25) is 0 Å². The average Bonchev–Trinajstić information content (AvgIpc) is 2.30. The maximum atomic E-state index is 11.1. The van der Waals surface area contributed by atoms with E-state index < -0.39 is 0 Å². The van der Waals surface area contributed by atoms with Crippen molar-refractivity contribution in [2.24, 2.45) is 0 Å². The summed E-state index contributed by atoms with van der Waals surface area (Å²) in [6.07, 6.45) is 0.367. The molecule has 0 saturated heterocycles. The van der Waals surface area contributed by atoms with Gasteiger partial charge in [-0.2, -0.15) is 0 Å². The summed E-state index contributed by atoms with van der Waals surface area (Å²) in [5.74, 6) is 1.49. The zero-order valence-electron chi connectivity index (χ0n) is 10.5. The van der Waals surface area contributed by atoms with E-state index in [4.69, 9.17) is 14.2 Å². The molecule has 0 aliphatic heterocycles. The lowest BCUT2D eigenvalue weighted by atomic mass is 10.1. The Morgan fingerprint density at radius 3 is 2.59 bits per heavy atom. The van der Waals surface area contributed by atoms with Gasteiger partial charge in [0, 0.05) is 25.2 Å². The highest BCUT2D eigenvalue weighted by Gasteiger charge is 2.08. The Morgan fingerprint density at radius 2 is 2.00 bits per heavy atom. The number of Topliss-reactive ketones (excluding diaryl/α,β-unsaturated/α-hetero) is 1.